The highest BCUT2D eigenvalue weighted by atomic mass is 16.6. The van der Waals surface area contributed by atoms with E-state index in [1.54, 1.807) is 4.90 Å². The number of alkyl carbamates (subject to hydrolysis) is 1. The van der Waals surface area contributed by atoms with Crippen LogP contribution in [0.1, 0.15) is 55.8 Å². The molecule has 0 radical (unpaired) electrons. The average molecular weight is 412 g/mol. The van der Waals surface area contributed by atoms with Crippen LogP contribution in [0.3, 0.4) is 0 Å². The molecule has 2 heterocycles. The van der Waals surface area contributed by atoms with Crippen LogP contribution in [-0.2, 0) is 22.5 Å². The number of hydrogen-bond donors (Lipinski definition) is 3. The third-order valence-electron chi connectivity index (χ3n) is 5.76. The first-order chi connectivity index (χ1) is 14.4. The molecule has 8 heteroatoms. The molecule has 1 aliphatic carbocycles. The van der Waals surface area contributed by atoms with Crippen LogP contribution in [0, 0.1) is 0 Å². The van der Waals surface area contributed by atoms with Gasteiger partial charge in [0.05, 0.1) is 6.42 Å². The molecule has 0 bridgehead atoms. The Balaban J connectivity index is 1.36. The second-order valence-corrected chi connectivity index (χ2v) is 8.58. The second kappa shape index (κ2) is 8.38. The minimum atomic E-state index is -0.347. The van der Waals surface area contributed by atoms with Crippen LogP contribution in [0.2, 0.25) is 0 Å². The van der Waals surface area contributed by atoms with E-state index in [4.69, 9.17) is 4.74 Å². The summed E-state index contributed by atoms with van der Waals surface area (Å²) in [5.41, 5.74) is 4.21. The number of aromatic nitrogens is 2. The molecule has 1 aromatic heterocycles. The average Bonchev–Trinajstić information content (AvgIpc) is 3.31. The third kappa shape index (κ3) is 4.58. The normalized spacial score (nSPS) is 20.9. The van der Waals surface area contributed by atoms with Gasteiger partial charge >= 0.3 is 6.09 Å². The van der Waals surface area contributed by atoms with Crippen molar-refractivity contribution in [3.05, 3.63) is 41.1 Å². The number of nitrogens with zero attached hydrogens (tertiary/aromatic N) is 2. The topological polar surface area (TPSA) is 99.3 Å². The van der Waals surface area contributed by atoms with Crippen molar-refractivity contribution in [1.82, 2.24) is 20.4 Å². The van der Waals surface area contributed by atoms with Crippen molar-refractivity contribution in [3.8, 4) is 0 Å². The molecular formula is C22H29N5O3. The highest BCUT2D eigenvalue weighted by Crippen LogP contribution is 2.36. The zero-order valence-electron chi connectivity index (χ0n) is 17.7. The predicted molar refractivity (Wildman–Crippen MR) is 114 cm³/mol. The Bertz CT molecular complexity index is 939. The lowest BCUT2D eigenvalue weighted by molar-refractivity contribution is -0.130. The number of amides is 2. The van der Waals surface area contributed by atoms with E-state index in [-0.39, 0.29) is 24.1 Å². The van der Waals surface area contributed by atoms with E-state index in [1.807, 2.05) is 39.1 Å². The van der Waals surface area contributed by atoms with Crippen LogP contribution in [0.5, 0.6) is 0 Å². The molecule has 2 atom stereocenters. The van der Waals surface area contributed by atoms with Gasteiger partial charge in [-0.3, -0.25) is 9.89 Å². The lowest BCUT2D eigenvalue weighted by Crippen LogP contribution is -2.33. The van der Waals surface area contributed by atoms with Crippen LogP contribution in [0.25, 0.3) is 0 Å². The maximum absolute atomic E-state index is 12.0. The van der Waals surface area contributed by atoms with Crippen molar-refractivity contribution in [2.75, 3.05) is 12.4 Å². The first kappa shape index (κ1) is 20.3. The first-order valence-electron chi connectivity index (χ1n) is 10.5. The summed E-state index contributed by atoms with van der Waals surface area (Å²) in [6.07, 6.45) is 2.62. The molecule has 1 aliphatic heterocycles. The molecular weight excluding hydrogens is 382 g/mol. The van der Waals surface area contributed by atoms with Gasteiger partial charge in [0.1, 0.15) is 6.10 Å². The third-order valence-corrected chi connectivity index (χ3v) is 5.76. The van der Waals surface area contributed by atoms with E-state index in [0.29, 0.717) is 18.9 Å². The summed E-state index contributed by atoms with van der Waals surface area (Å²) in [6.45, 7) is 4.48. The van der Waals surface area contributed by atoms with Gasteiger partial charge in [-0.1, -0.05) is 6.07 Å². The number of likely N-dealkylation sites (N-methyl/N-ethyl adjacent to an activating group) is 1. The molecule has 2 aliphatic rings. The SMILES string of the molecule is CC(C)NC(=O)O[C@@H]1CC[C@H](c2cc(Nc3ccc4c(c3)CC(=O)N(C)C4)n[nH]2)C1. The fourth-order valence-electron chi connectivity index (χ4n) is 4.17. The zero-order valence-corrected chi connectivity index (χ0v) is 17.7. The van der Waals surface area contributed by atoms with Crippen molar-refractivity contribution in [1.29, 1.82) is 0 Å². The second-order valence-electron chi connectivity index (χ2n) is 8.58. The van der Waals surface area contributed by atoms with Crippen LogP contribution in [0.15, 0.2) is 24.3 Å². The molecule has 160 valence electrons. The van der Waals surface area contributed by atoms with Crippen LogP contribution in [-0.4, -0.2) is 46.3 Å². The zero-order chi connectivity index (χ0) is 21.3. The summed E-state index contributed by atoms with van der Waals surface area (Å²) in [7, 11) is 1.83. The maximum atomic E-state index is 12.0. The highest BCUT2D eigenvalue weighted by molar-refractivity contribution is 5.81. The predicted octanol–water partition coefficient (Wildman–Crippen LogP) is 3.44. The van der Waals surface area contributed by atoms with Crippen LogP contribution in [0.4, 0.5) is 16.3 Å². The number of carbonyl (C=O) groups is 2. The summed E-state index contributed by atoms with van der Waals surface area (Å²) >= 11 is 0. The van der Waals surface area contributed by atoms with E-state index in [9.17, 15) is 9.59 Å². The Morgan fingerprint density at radius 1 is 1.27 bits per heavy atom. The number of ether oxygens (including phenoxy) is 1. The Kier molecular flexibility index (Phi) is 5.65. The van der Waals surface area contributed by atoms with Gasteiger partial charge in [-0.2, -0.15) is 5.10 Å². The summed E-state index contributed by atoms with van der Waals surface area (Å²) in [5.74, 6) is 1.18. The molecule has 0 saturated heterocycles. The Morgan fingerprint density at radius 3 is 2.90 bits per heavy atom. The molecule has 8 nitrogen and oxygen atoms in total. The molecule has 30 heavy (non-hydrogen) atoms. The van der Waals surface area contributed by atoms with Crippen molar-refractivity contribution < 1.29 is 14.3 Å². The van der Waals surface area contributed by atoms with Gasteiger partial charge in [-0.05, 0) is 56.4 Å². The van der Waals surface area contributed by atoms with Gasteiger partial charge in [0, 0.05) is 43.0 Å². The van der Waals surface area contributed by atoms with Gasteiger partial charge in [-0.15, -0.1) is 0 Å². The molecule has 2 aromatic rings. The van der Waals surface area contributed by atoms with Crippen molar-refractivity contribution in [2.45, 2.75) is 64.1 Å². The lowest BCUT2D eigenvalue weighted by atomic mass is 9.99. The number of benzene rings is 1. The van der Waals surface area contributed by atoms with E-state index < -0.39 is 0 Å². The molecule has 4 rings (SSSR count). The smallest absolute Gasteiger partial charge is 0.407 e. The number of H-pyrrole nitrogens is 1. The number of aromatic amines is 1. The Labute approximate surface area is 176 Å². The van der Waals surface area contributed by atoms with Crippen molar-refractivity contribution in [2.24, 2.45) is 0 Å². The van der Waals surface area contributed by atoms with Gasteiger partial charge in [0.2, 0.25) is 5.91 Å². The van der Waals surface area contributed by atoms with E-state index in [0.717, 1.165) is 42.0 Å². The largest absolute Gasteiger partial charge is 0.446 e. The molecule has 1 fully saturated rings. The van der Waals surface area contributed by atoms with E-state index in [2.05, 4.69) is 26.9 Å². The number of carbonyl (C=O) groups excluding carboxylic acids is 2. The quantitative estimate of drug-likeness (QED) is 0.700. The molecule has 0 spiro atoms. The van der Waals surface area contributed by atoms with Crippen molar-refractivity contribution in [3.63, 3.8) is 0 Å². The van der Waals surface area contributed by atoms with Gasteiger partial charge < -0.3 is 20.3 Å². The fraction of sp³-hybridized carbons (Fsp3) is 0.500. The molecule has 3 N–H and O–H groups in total. The minimum Gasteiger partial charge on any atom is -0.446 e. The standard InChI is InChI=1S/C22H29N5O3/c1-13(2)23-22(29)30-18-7-5-14(9-18)19-11-20(26-25-19)24-17-6-4-15-12-27(3)21(28)10-16(15)8-17/h4,6,8,11,13-14,18H,5,7,9-10,12H2,1-3H3,(H,23,29)(H2,24,25,26)/t14-,18+/m0/s1. The van der Waals surface area contributed by atoms with Gasteiger partial charge in [-0.25, -0.2) is 4.79 Å². The fourth-order valence-corrected chi connectivity index (χ4v) is 4.17. The highest BCUT2D eigenvalue weighted by Gasteiger charge is 2.30. The summed E-state index contributed by atoms with van der Waals surface area (Å²) in [6, 6.07) is 8.19. The van der Waals surface area contributed by atoms with Crippen LogP contribution >= 0.6 is 0 Å². The number of anilines is 2. The summed E-state index contributed by atoms with van der Waals surface area (Å²) < 4.78 is 5.51. The summed E-state index contributed by atoms with van der Waals surface area (Å²) in [4.78, 5) is 25.5. The summed E-state index contributed by atoms with van der Waals surface area (Å²) in [5, 5.41) is 13.6. The molecule has 1 saturated carbocycles. The van der Waals surface area contributed by atoms with E-state index in [1.165, 1.54) is 5.56 Å². The number of hydrogen-bond acceptors (Lipinski definition) is 5. The van der Waals surface area contributed by atoms with Crippen LogP contribution < -0.4 is 10.6 Å². The van der Waals surface area contributed by atoms with E-state index >= 15 is 0 Å². The van der Waals surface area contributed by atoms with Gasteiger partial charge in [0.15, 0.2) is 5.82 Å². The number of nitrogens with one attached hydrogen (secondary N) is 3. The monoisotopic (exact) mass is 411 g/mol. The molecule has 0 unspecified atom stereocenters. The first-order valence-corrected chi connectivity index (χ1v) is 10.5. The van der Waals surface area contributed by atoms with Gasteiger partial charge in [0.25, 0.3) is 0 Å². The lowest BCUT2D eigenvalue weighted by Gasteiger charge is -2.25. The number of rotatable bonds is 5. The molecule has 2 amide bonds. The minimum absolute atomic E-state index is 0.0650. The maximum Gasteiger partial charge on any atom is 0.407 e. The number of fused-ring (bicyclic) bond motifs is 1. The Hall–Kier alpha value is -3.03. The molecule has 1 aromatic carbocycles. The van der Waals surface area contributed by atoms with Crippen molar-refractivity contribution >= 4 is 23.5 Å². The Morgan fingerprint density at radius 2 is 2.10 bits per heavy atom.